The number of allylic oxidation sites excluding steroid dienone is 5. The Hall–Kier alpha value is -1.84. The third-order valence-corrected chi connectivity index (χ3v) is 1.83. The average Bonchev–Trinajstić information content (AvgIpc) is 2.07. The van der Waals surface area contributed by atoms with Gasteiger partial charge in [0.05, 0.1) is 5.71 Å². The van der Waals surface area contributed by atoms with Gasteiger partial charge in [0.1, 0.15) is 5.70 Å². The van der Waals surface area contributed by atoms with Crippen molar-refractivity contribution in [3.05, 3.63) is 35.6 Å². The van der Waals surface area contributed by atoms with Gasteiger partial charge in [0.25, 0.3) is 0 Å². The molecule has 14 heavy (non-hydrogen) atoms. The van der Waals surface area contributed by atoms with E-state index >= 15 is 0 Å². The Morgan fingerprint density at radius 1 is 1.36 bits per heavy atom. The van der Waals surface area contributed by atoms with Gasteiger partial charge in [-0.05, 0) is 6.08 Å². The van der Waals surface area contributed by atoms with Gasteiger partial charge in [0.2, 0.25) is 0 Å². The Bertz CT molecular complexity index is 362. The molecule has 0 spiro atoms. The van der Waals surface area contributed by atoms with Crippen molar-refractivity contribution in [3.63, 3.8) is 0 Å². The third kappa shape index (κ3) is 1.90. The van der Waals surface area contributed by atoms with Crippen LogP contribution in [0.15, 0.2) is 35.6 Å². The SMILES string of the molecule is CN(C)/C(C(=O)O)=C1/C=CC=CC1=N. The summed E-state index contributed by atoms with van der Waals surface area (Å²) in [5, 5.41) is 16.5. The molecule has 0 bridgehead atoms. The maximum absolute atomic E-state index is 10.9. The number of rotatable bonds is 2. The molecule has 0 heterocycles. The second-order valence-electron chi connectivity index (χ2n) is 3.09. The van der Waals surface area contributed by atoms with E-state index in [-0.39, 0.29) is 11.4 Å². The Labute approximate surface area is 82.4 Å². The number of likely N-dealkylation sites (N-methyl/N-ethyl adjacent to an activating group) is 1. The zero-order chi connectivity index (χ0) is 10.7. The lowest BCUT2D eigenvalue weighted by atomic mass is 10.0. The van der Waals surface area contributed by atoms with E-state index in [0.29, 0.717) is 5.57 Å². The number of carbonyl (C=O) groups is 1. The van der Waals surface area contributed by atoms with Crippen LogP contribution in [0.4, 0.5) is 0 Å². The van der Waals surface area contributed by atoms with Gasteiger partial charge in [-0.1, -0.05) is 18.2 Å². The van der Waals surface area contributed by atoms with Gasteiger partial charge >= 0.3 is 5.97 Å². The van der Waals surface area contributed by atoms with Gasteiger partial charge < -0.3 is 15.4 Å². The number of carboxylic acids is 1. The summed E-state index contributed by atoms with van der Waals surface area (Å²) < 4.78 is 0. The molecule has 4 nitrogen and oxygen atoms in total. The molecule has 0 aromatic carbocycles. The maximum atomic E-state index is 10.9. The fourth-order valence-electron chi connectivity index (χ4n) is 1.24. The van der Waals surface area contributed by atoms with Crippen LogP contribution >= 0.6 is 0 Å². The van der Waals surface area contributed by atoms with Crippen LogP contribution in [0, 0.1) is 5.41 Å². The minimum absolute atomic E-state index is 0.135. The summed E-state index contributed by atoms with van der Waals surface area (Å²) >= 11 is 0. The van der Waals surface area contributed by atoms with E-state index in [1.54, 1.807) is 38.4 Å². The topological polar surface area (TPSA) is 64.4 Å². The van der Waals surface area contributed by atoms with Gasteiger partial charge in [-0.15, -0.1) is 0 Å². The fourth-order valence-corrected chi connectivity index (χ4v) is 1.24. The number of hydrogen-bond donors (Lipinski definition) is 2. The summed E-state index contributed by atoms with van der Waals surface area (Å²) in [7, 11) is 3.30. The summed E-state index contributed by atoms with van der Waals surface area (Å²) in [6, 6.07) is 0. The highest BCUT2D eigenvalue weighted by Gasteiger charge is 2.17. The monoisotopic (exact) mass is 192 g/mol. The van der Waals surface area contributed by atoms with Crippen molar-refractivity contribution >= 4 is 11.7 Å². The number of nitrogens with zero attached hydrogens (tertiary/aromatic N) is 1. The summed E-state index contributed by atoms with van der Waals surface area (Å²) in [4.78, 5) is 12.4. The first-order chi connectivity index (χ1) is 6.54. The highest BCUT2D eigenvalue weighted by molar-refractivity contribution is 6.13. The first kappa shape index (κ1) is 10.2. The summed E-state index contributed by atoms with van der Waals surface area (Å²) in [6.07, 6.45) is 6.63. The smallest absolute Gasteiger partial charge is 0.352 e. The fraction of sp³-hybridized carbons (Fsp3) is 0.200. The van der Waals surface area contributed by atoms with Crippen molar-refractivity contribution in [2.45, 2.75) is 0 Å². The molecular formula is C10H12N2O2. The van der Waals surface area contributed by atoms with Crippen LogP contribution < -0.4 is 0 Å². The lowest BCUT2D eigenvalue weighted by molar-refractivity contribution is -0.134. The highest BCUT2D eigenvalue weighted by Crippen LogP contribution is 2.14. The molecule has 0 radical (unpaired) electrons. The highest BCUT2D eigenvalue weighted by atomic mass is 16.4. The normalized spacial score (nSPS) is 18.3. The second kappa shape index (κ2) is 3.91. The van der Waals surface area contributed by atoms with Crippen LogP contribution in [0.5, 0.6) is 0 Å². The van der Waals surface area contributed by atoms with E-state index in [1.165, 1.54) is 4.90 Å². The molecule has 0 aromatic heterocycles. The van der Waals surface area contributed by atoms with Crippen molar-refractivity contribution < 1.29 is 9.90 Å². The third-order valence-electron chi connectivity index (χ3n) is 1.83. The molecular weight excluding hydrogens is 180 g/mol. The van der Waals surface area contributed by atoms with E-state index in [4.69, 9.17) is 10.5 Å². The predicted octanol–water partition coefficient (Wildman–Crippen LogP) is 1.03. The van der Waals surface area contributed by atoms with Crippen LogP contribution in [0.1, 0.15) is 0 Å². The van der Waals surface area contributed by atoms with Gasteiger partial charge in [-0.25, -0.2) is 4.79 Å². The average molecular weight is 192 g/mol. The maximum Gasteiger partial charge on any atom is 0.352 e. The Balaban J connectivity index is 3.23. The Morgan fingerprint density at radius 2 is 1.93 bits per heavy atom. The van der Waals surface area contributed by atoms with Gasteiger partial charge in [-0.2, -0.15) is 0 Å². The summed E-state index contributed by atoms with van der Waals surface area (Å²) in [6.45, 7) is 0. The molecule has 0 saturated carbocycles. The lowest BCUT2D eigenvalue weighted by Gasteiger charge is -2.17. The molecule has 4 heteroatoms. The first-order valence-electron chi connectivity index (χ1n) is 4.12. The zero-order valence-corrected chi connectivity index (χ0v) is 8.11. The van der Waals surface area contributed by atoms with E-state index in [2.05, 4.69) is 0 Å². The van der Waals surface area contributed by atoms with Crippen molar-refractivity contribution in [2.75, 3.05) is 14.1 Å². The zero-order valence-electron chi connectivity index (χ0n) is 8.11. The van der Waals surface area contributed by atoms with Crippen molar-refractivity contribution in [3.8, 4) is 0 Å². The molecule has 0 unspecified atom stereocenters. The van der Waals surface area contributed by atoms with Crippen molar-refractivity contribution in [1.82, 2.24) is 4.90 Å². The molecule has 0 aliphatic heterocycles. The number of hydrogen-bond acceptors (Lipinski definition) is 3. The molecule has 0 fully saturated rings. The van der Waals surface area contributed by atoms with Crippen molar-refractivity contribution in [2.24, 2.45) is 0 Å². The second-order valence-corrected chi connectivity index (χ2v) is 3.09. The lowest BCUT2D eigenvalue weighted by Crippen LogP contribution is -2.23. The minimum atomic E-state index is -1.02. The van der Waals surface area contributed by atoms with Crippen LogP contribution in [-0.2, 0) is 4.79 Å². The Kier molecular flexibility index (Phi) is 2.86. The standard InChI is InChI=1S/C10H12N2O2/c1-12(2)9(10(13)14)7-5-3-4-6-8(7)11/h3-6,11H,1-2H3,(H,13,14)/b9-7-,11-8?. The van der Waals surface area contributed by atoms with Crippen LogP contribution in [0.3, 0.4) is 0 Å². The molecule has 0 atom stereocenters. The first-order valence-corrected chi connectivity index (χ1v) is 4.12. The van der Waals surface area contributed by atoms with Crippen LogP contribution in [-0.4, -0.2) is 35.8 Å². The molecule has 74 valence electrons. The van der Waals surface area contributed by atoms with Crippen LogP contribution in [0.2, 0.25) is 0 Å². The molecule has 0 aromatic rings. The molecule has 2 N–H and O–H groups in total. The molecule has 1 aliphatic carbocycles. The number of nitrogens with one attached hydrogen (secondary N) is 1. The van der Waals surface area contributed by atoms with Gasteiger partial charge in [-0.3, -0.25) is 0 Å². The summed E-state index contributed by atoms with van der Waals surface area (Å²) in [5.74, 6) is -1.02. The number of carboxylic acid groups (broad SMARTS) is 1. The van der Waals surface area contributed by atoms with Crippen LogP contribution in [0.25, 0.3) is 0 Å². The van der Waals surface area contributed by atoms with E-state index in [0.717, 1.165) is 0 Å². The van der Waals surface area contributed by atoms with Gasteiger partial charge in [0.15, 0.2) is 0 Å². The van der Waals surface area contributed by atoms with Gasteiger partial charge in [0, 0.05) is 19.7 Å². The predicted molar refractivity (Wildman–Crippen MR) is 54.4 cm³/mol. The quantitative estimate of drug-likeness (QED) is 0.642. The molecule has 1 aliphatic rings. The van der Waals surface area contributed by atoms with E-state index in [1.807, 2.05) is 0 Å². The largest absolute Gasteiger partial charge is 0.477 e. The molecule has 0 saturated heterocycles. The van der Waals surface area contributed by atoms with Crippen molar-refractivity contribution in [1.29, 1.82) is 5.41 Å². The number of aliphatic carboxylic acids is 1. The van der Waals surface area contributed by atoms with E-state index < -0.39 is 5.97 Å². The Morgan fingerprint density at radius 3 is 2.36 bits per heavy atom. The molecule has 0 amide bonds. The van der Waals surface area contributed by atoms with E-state index in [9.17, 15) is 4.79 Å². The minimum Gasteiger partial charge on any atom is -0.477 e. The molecule has 1 rings (SSSR count). The summed E-state index contributed by atoms with van der Waals surface area (Å²) in [5.41, 5.74) is 0.791.